The minimum atomic E-state index is 0.823. The van der Waals surface area contributed by atoms with Crippen LogP contribution in [0.4, 0.5) is 5.69 Å². The molecule has 3 heteroatoms. The number of H-pyrrole nitrogens is 1. The second-order valence-electron chi connectivity index (χ2n) is 4.36. The van der Waals surface area contributed by atoms with Gasteiger partial charge in [-0.3, -0.25) is 0 Å². The van der Waals surface area contributed by atoms with E-state index in [4.69, 9.17) is 5.73 Å². The summed E-state index contributed by atoms with van der Waals surface area (Å²) in [4.78, 5) is 4.50. The number of aromatic nitrogens is 1. The molecule has 90 valence electrons. The maximum atomic E-state index is 6.00. The minimum absolute atomic E-state index is 0.823. The SMILES string of the molecule is Cc1ccc(N)c(Sc2cc3ccccc3[nH]2)c1. The van der Waals surface area contributed by atoms with Gasteiger partial charge < -0.3 is 10.7 Å². The smallest absolute Gasteiger partial charge is 0.0781 e. The summed E-state index contributed by atoms with van der Waals surface area (Å²) in [5, 5.41) is 2.35. The van der Waals surface area contributed by atoms with E-state index in [0.29, 0.717) is 0 Å². The van der Waals surface area contributed by atoms with Crippen molar-refractivity contribution in [2.75, 3.05) is 5.73 Å². The Morgan fingerprint density at radius 1 is 1.06 bits per heavy atom. The number of aromatic amines is 1. The highest BCUT2D eigenvalue weighted by atomic mass is 32.2. The van der Waals surface area contributed by atoms with Crippen LogP contribution in [0.25, 0.3) is 10.9 Å². The number of hydrogen-bond acceptors (Lipinski definition) is 2. The van der Waals surface area contributed by atoms with Gasteiger partial charge in [-0.2, -0.15) is 0 Å². The van der Waals surface area contributed by atoms with E-state index in [1.807, 2.05) is 24.3 Å². The monoisotopic (exact) mass is 254 g/mol. The summed E-state index contributed by atoms with van der Waals surface area (Å²) < 4.78 is 0. The van der Waals surface area contributed by atoms with Gasteiger partial charge >= 0.3 is 0 Å². The fourth-order valence-electron chi connectivity index (χ4n) is 1.95. The van der Waals surface area contributed by atoms with Crippen molar-refractivity contribution in [3.8, 4) is 0 Å². The zero-order valence-electron chi connectivity index (χ0n) is 10.1. The van der Waals surface area contributed by atoms with Gasteiger partial charge in [-0.05, 0) is 36.8 Å². The van der Waals surface area contributed by atoms with Crippen LogP contribution in [0.5, 0.6) is 0 Å². The molecule has 18 heavy (non-hydrogen) atoms. The highest BCUT2D eigenvalue weighted by Gasteiger charge is 2.05. The maximum Gasteiger partial charge on any atom is 0.0781 e. The summed E-state index contributed by atoms with van der Waals surface area (Å²) in [6.07, 6.45) is 0. The molecule has 0 aliphatic carbocycles. The minimum Gasteiger partial charge on any atom is -0.398 e. The van der Waals surface area contributed by atoms with Crippen LogP contribution in [0, 0.1) is 6.92 Å². The van der Waals surface area contributed by atoms with Gasteiger partial charge in [0.2, 0.25) is 0 Å². The predicted octanol–water partition coefficient (Wildman–Crippen LogP) is 4.21. The van der Waals surface area contributed by atoms with Gasteiger partial charge in [0, 0.05) is 21.5 Å². The summed E-state index contributed by atoms with van der Waals surface area (Å²) >= 11 is 1.67. The van der Waals surface area contributed by atoms with Crippen LogP contribution in [0.2, 0.25) is 0 Å². The molecule has 2 aromatic carbocycles. The van der Waals surface area contributed by atoms with Gasteiger partial charge in [-0.15, -0.1) is 0 Å². The van der Waals surface area contributed by atoms with Crippen molar-refractivity contribution < 1.29 is 0 Å². The molecule has 0 atom stereocenters. The summed E-state index contributed by atoms with van der Waals surface area (Å²) in [6, 6.07) is 16.5. The molecule has 0 unspecified atom stereocenters. The first-order valence-corrected chi connectivity index (χ1v) is 6.66. The Balaban J connectivity index is 1.98. The van der Waals surface area contributed by atoms with E-state index >= 15 is 0 Å². The summed E-state index contributed by atoms with van der Waals surface area (Å²) in [5.74, 6) is 0. The normalized spacial score (nSPS) is 10.9. The summed E-state index contributed by atoms with van der Waals surface area (Å²) in [7, 11) is 0. The second kappa shape index (κ2) is 4.42. The molecule has 0 radical (unpaired) electrons. The van der Waals surface area contributed by atoms with Gasteiger partial charge in [0.15, 0.2) is 0 Å². The van der Waals surface area contributed by atoms with E-state index in [9.17, 15) is 0 Å². The van der Waals surface area contributed by atoms with Crippen molar-refractivity contribution in [3.63, 3.8) is 0 Å². The average Bonchev–Trinajstić information content (AvgIpc) is 2.76. The Labute approximate surface area is 110 Å². The molecule has 0 fully saturated rings. The summed E-state index contributed by atoms with van der Waals surface area (Å²) in [6.45, 7) is 2.08. The lowest BCUT2D eigenvalue weighted by atomic mass is 10.2. The first-order valence-electron chi connectivity index (χ1n) is 5.84. The zero-order chi connectivity index (χ0) is 12.5. The predicted molar refractivity (Wildman–Crippen MR) is 78.0 cm³/mol. The summed E-state index contributed by atoms with van der Waals surface area (Å²) in [5.41, 5.74) is 9.20. The van der Waals surface area contributed by atoms with E-state index in [0.717, 1.165) is 21.1 Å². The Hall–Kier alpha value is -1.87. The van der Waals surface area contributed by atoms with E-state index in [-0.39, 0.29) is 0 Å². The fourth-order valence-corrected chi connectivity index (χ4v) is 2.96. The molecule has 0 saturated heterocycles. The molecule has 0 spiro atoms. The van der Waals surface area contributed by atoms with Crippen LogP contribution in [0.1, 0.15) is 5.56 Å². The molecule has 3 aromatic rings. The molecule has 1 aromatic heterocycles. The third kappa shape index (κ3) is 2.09. The molecule has 0 saturated carbocycles. The number of anilines is 1. The lowest BCUT2D eigenvalue weighted by Crippen LogP contribution is -1.88. The highest BCUT2D eigenvalue weighted by molar-refractivity contribution is 7.99. The maximum absolute atomic E-state index is 6.00. The molecule has 0 bridgehead atoms. The Morgan fingerprint density at radius 2 is 1.89 bits per heavy atom. The van der Waals surface area contributed by atoms with Crippen molar-refractivity contribution >= 4 is 28.4 Å². The number of aryl methyl sites for hydroxylation is 1. The van der Waals surface area contributed by atoms with Crippen LogP contribution in [-0.2, 0) is 0 Å². The number of para-hydroxylation sites is 1. The number of benzene rings is 2. The van der Waals surface area contributed by atoms with Crippen molar-refractivity contribution in [3.05, 3.63) is 54.1 Å². The zero-order valence-corrected chi connectivity index (χ0v) is 10.9. The Bertz CT molecular complexity index is 668. The van der Waals surface area contributed by atoms with Gasteiger partial charge in [-0.1, -0.05) is 36.0 Å². The van der Waals surface area contributed by atoms with Gasteiger partial charge in [0.1, 0.15) is 0 Å². The number of nitrogen functional groups attached to an aromatic ring is 1. The van der Waals surface area contributed by atoms with Gasteiger partial charge in [-0.25, -0.2) is 0 Å². The highest BCUT2D eigenvalue weighted by Crippen LogP contribution is 2.33. The van der Waals surface area contributed by atoms with Crippen molar-refractivity contribution in [2.24, 2.45) is 0 Å². The molecule has 2 nitrogen and oxygen atoms in total. The Morgan fingerprint density at radius 3 is 2.72 bits per heavy atom. The number of hydrogen-bond donors (Lipinski definition) is 2. The van der Waals surface area contributed by atoms with Crippen LogP contribution >= 0.6 is 11.8 Å². The van der Waals surface area contributed by atoms with Crippen LogP contribution < -0.4 is 5.73 Å². The molecule has 0 aliphatic rings. The van der Waals surface area contributed by atoms with Crippen LogP contribution in [0.3, 0.4) is 0 Å². The second-order valence-corrected chi connectivity index (χ2v) is 5.45. The van der Waals surface area contributed by atoms with E-state index in [1.165, 1.54) is 10.9 Å². The molecule has 1 heterocycles. The molecule has 3 rings (SSSR count). The lowest BCUT2D eigenvalue weighted by Gasteiger charge is -2.04. The van der Waals surface area contributed by atoms with Crippen LogP contribution in [0.15, 0.2) is 58.5 Å². The average molecular weight is 254 g/mol. The standard InChI is InChI=1S/C15H14N2S/c1-10-6-7-12(16)14(8-10)18-15-9-11-4-2-3-5-13(11)17-15/h2-9,17H,16H2,1H3. The Kier molecular flexibility index (Phi) is 2.76. The first kappa shape index (κ1) is 11.2. The number of rotatable bonds is 2. The van der Waals surface area contributed by atoms with E-state index in [1.54, 1.807) is 11.8 Å². The van der Waals surface area contributed by atoms with E-state index in [2.05, 4.69) is 36.2 Å². The lowest BCUT2D eigenvalue weighted by molar-refractivity contribution is 1.23. The van der Waals surface area contributed by atoms with Gasteiger partial charge in [0.25, 0.3) is 0 Å². The molecule has 0 amide bonds. The van der Waals surface area contributed by atoms with Crippen LogP contribution in [-0.4, -0.2) is 4.98 Å². The number of fused-ring (bicyclic) bond motifs is 1. The molecule has 3 N–H and O–H groups in total. The third-order valence-corrected chi connectivity index (χ3v) is 3.91. The largest absolute Gasteiger partial charge is 0.398 e. The number of nitrogens with two attached hydrogens (primary N) is 1. The van der Waals surface area contributed by atoms with Crippen molar-refractivity contribution in [1.29, 1.82) is 0 Å². The third-order valence-electron chi connectivity index (χ3n) is 2.89. The van der Waals surface area contributed by atoms with Gasteiger partial charge in [0.05, 0.1) is 5.03 Å². The molecule has 0 aliphatic heterocycles. The molecular weight excluding hydrogens is 240 g/mol. The first-order chi connectivity index (χ1) is 8.72. The van der Waals surface area contributed by atoms with Crippen molar-refractivity contribution in [2.45, 2.75) is 16.8 Å². The van der Waals surface area contributed by atoms with Crippen molar-refractivity contribution in [1.82, 2.24) is 4.98 Å². The molecular formula is C15H14N2S. The quantitative estimate of drug-likeness (QED) is 0.673. The topological polar surface area (TPSA) is 41.8 Å². The van der Waals surface area contributed by atoms with E-state index < -0.39 is 0 Å². The number of nitrogens with one attached hydrogen (secondary N) is 1. The fraction of sp³-hybridized carbons (Fsp3) is 0.0667.